The molecule has 3 rings (SSSR count). The van der Waals surface area contributed by atoms with Gasteiger partial charge in [0.25, 0.3) is 0 Å². The van der Waals surface area contributed by atoms with E-state index < -0.39 is 17.8 Å². The third-order valence-corrected chi connectivity index (χ3v) is 4.58. The van der Waals surface area contributed by atoms with Crippen molar-refractivity contribution in [2.45, 2.75) is 32.7 Å². The van der Waals surface area contributed by atoms with Crippen LogP contribution in [0.3, 0.4) is 0 Å². The number of aliphatic carboxylic acids is 1. The summed E-state index contributed by atoms with van der Waals surface area (Å²) in [6.07, 6.45) is 1.88. The van der Waals surface area contributed by atoms with Gasteiger partial charge in [0.05, 0.1) is 0 Å². The number of carboxylic acid groups (broad SMARTS) is 1. The van der Waals surface area contributed by atoms with Crippen molar-refractivity contribution in [1.29, 1.82) is 0 Å². The number of amides is 2. The van der Waals surface area contributed by atoms with E-state index in [1.54, 1.807) is 4.90 Å². The molecule has 2 aromatic rings. The summed E-state index contributed by atoms with van der Waals surface area (Å²) in [6, 6.07) is 9.30. The van der Waals surface area contributed by atoms with Crippen molar-refractivity contribution in [3.05, 3.63) is 42.1 Å². The van der Waals surface area contributed by atoms with Crippen molar-refractivity contribution in [3.63, 3.8) is 0 Å². The van der Waals surface area contributed by atoms with Gasteiger partial charge in [-0.3, -0.25) is 19.1 Å². The Morgan fingerprint density at radius 1 is 1.26 bits per heavy atom. The van der Waals surface area contributed by atoms with Gasteiger partial charge in [0, 0.05) is 24.5 Å². The number of hydrogen-bond acceptors (Lipinski definition) is 4. The van der Waals surface area contributed by atoms with Crippen LogP contribution in [0, 0.1) is 5.92 Å². The normalized spacial score (nSPS) is 16.8. The molecule has 8 heteroatoms. The molecule has 1 aromatic heterocycles. The molecule has 1 unspecified atom stereocenters. The zero-order valence-electron chi connectivity index (χ0n) is 15.3. The highest BCUT2D eigenvalue weighted by atomic mass is 16.4. The van der Waals surface area contributed by atoms with Crippen LogP contribution in [-0.4, -0.2) is 39.2 Å². The van der Waals surface area contributed by atoms with Crippen LogP contribution in [0.1, 0.15) is 31.7 Å². The van der Waals surface area contributed by atoms with E-state index in [-0.39, 0.29) is 18.3 Å². The molecule has 0 radical (unpaired) electrons. The Hall–Kier alpha value is -3.16. The lowest BCUT2D eigenvalue weighted by Crippen LogP contribution is -2.33. The van der Waals surface area contributed by atoms with Gasteiger partial charge in [-0.05, 0) is 30.0 Å². The van der Waals surface area contributed by atoms with Crippen LogP contribution in [0.4, 0.5) is 11.5 Å². The molecule has 0 bridgehead atoms. The average Bonchev–Trinajstić information content (AvgIpc) is 3.20. The van der Waals surface area contributed by atoms with Gasteiger partial charge in [0.2, 0.25) is 11.8 Å². The summed E-state index contributed by atoms with van der Waals surface area (Å²) >= 11 is 0. The summed E-state index contributed by atoms with van der Waals surface area (Å²) in [4.78, 5) is 37.4. The molecule has 0 saturated carbocycles. The van der Waals surface area contributed by atoms with Crippen LogP contribution in [0.2, 0.25) is 0 Å². The second-order valence-corrected chi connectivity index (χ2v) is 6.86. The second-order valence-electron chi connectivity index (χ2n) is 6.86. The van der Waals surface area contributed by atoms with Crippen molar-refractivity contribution >= 4 is 29.3 Å². The van der Waals surface area contributed by atoms with Crippen molar-refractivity contribution in [2.75, 3.05) is 16.8 Å². The predicted molar refractivity (Wildman–Crippen MR) is 99.5 cm³/mol. The summed E-state index contributed by atoms with van der Waals surface area (Å²) in [5.74, 6) is -1.83. The number of carboxylic acids is 1. The first kappa shape index (κ1) is 18.6. The van der Waals surface area contributed by atoms with Gasteiger partial charge in [0.15, 0.2) is 5.82 Å². The fourth-order valence-corrected chi connectivity index (χ4v) is 3.09. The van der Waals surface area contributed by atoms with Crippen LogP contribution in [0.5, 0.6) is 0 Å². The largest absolute Gasteiger partial charge is 0.480 e. The topological polar surface area (TPSA) is 105 Å². The molecule has 2 heterocycles. The Morgan fingerprint density at radius 2 is 1.96 bits per heavy atom. The maximum atomic E-state index is 12.7. The number of carbonyl (C=O) groups is 3. The van der Waals surface area contributed by atoms with Gasteiger partial charge >= 0.3 is 5.97 Å². The smallest absolute Gasteiger partial charge is 0.325 e. The molecular formula is C19H22N4O4. The monoisotopic (exact) mass is 370 g/mol. The number of anilines is 2. The zero-order valence-corrected chi connectivity index (χ0v) is 15.3. The number of nitrogens with zero attached hydrogens (tertiary/aromatic N) is 3. The molecule has 1 aliphatic heterocycles. The molecule has 0 aliphatic carbocycles. The molecule has 1 saturated heterocycles. The molecule has 1 atom stereocenters. The molecule has 0 spiro atoms. The Bertz CT molecular complexity index is 857. The highest BCUT2D eigenvalue weighted by molar-refractivity contribution is 6.13. The van der Waals surface area contributed by atoms with Gasteiger partial charge in [-0.15, -0.1) is 0 Å². The number of hydrogen-bond donors (Lipinski definition) is 2. The van der Waals surface area contributed by atoms with Crippen molar-refractivity contribution < 1.29 is 19.5 Å². The van der Waals surface area contributed by atoms with Gasteiger partial charge in [-0.1, -0.05) is 26.0 Å². The third-order valence-electron chi connectivity index (χ3n) is 4.58. The minimum Gasteiger partial charge on any atom is -0.480 e. The summed E-state index contributed by atoms with van der Waals surface area (Å²) < 4.78 is 1.21. The zero-order chi connectivity index (χ0) is 19.6. The fourth-order valence-electron chi connectivity index (χ4n) is 3.09. The molecule has 27 heavy (non-hydrogen) atoms. The number of nitrogens with one attached hydrogen (secondary N) is 1. The predicted octanol–water partition coefficient (Wildman–Crippen LogP) is 2.08. The van der Waals surface area contributed by atoms with Crippen molar-refractivity contribution in [1.82, 2.24) is 9.78 Å². The maximum absolute atomic E-state index is 12.7. The summed E-state index contributed by atoms with van der Waals surface area (Å²) in [6.45, 7) is 4.39. The average molecular weight is 370 g/mol. The Labute approximate surface area is 156 Å². The third kappa shape index (κ3) is 4.16. The Kier molecular flexibility index (Phi) is 5.25. The quantitative estimate of drug-likeness (QED) is 0.758. The van der Waals surface area contributed by atoms with Crippen LogP contribution in [0.15, 0.2) is 36.5 Å². The van der Waals surface area contributed by atoms with E-state index in [9.17, 15) is 14.4 Å². The second kappa shape index (κ2) is 7.61. The molecule has 1 aromatic carbocycles. The summed E-state index contributed by atoms with van der Waals surface area (Å²) in [5, 5.41) is 15.3. The number of rotatable bonds is 6. The summed E-state index contributed by atoms with van der Waals surface area (Å²) in [7, 11) is 0. The molecule has 8 nitrogen and oxygen atoms in total. The number of aromatic nitrogens is 2. The lowest BCUT2D eigenvalue weighted by Gasteiger charge is -2.17. The van der Waals surface area contributed by atoms with E-state index in [0.717, 1.165) is 5.69 Å². The van der Waals surface area contributed by atoms with E-state index in [2.05, 4.69) is 24.3 Å². The first-order valence-corrected chi connectivity index (χ1v) is 8.82. The minimum absolute atomic E-state index is 0.230. The lowest BCUT2D eigenvalue weighted by atomic mass is 10.0. The van der Waals surface area contributed by atoms with E-state index in [4.69, 9.17) is 5.11 Å². The van der Waals surface area contributed by atoms with Gasteiger partial charge in [-0.2, -0.15) is 5.10 Å². The molecular weight excluding hydrogens is 348 g/mol. The van der Waals surface area contributed by atoms with E-state index in [0.29, 0.717) is 18.9 Å². The molecule has 2 N–H and O–H groups in total. The Balaban J connectivity index is 1.64. The molecule has 1 aliphatic rings. The standard InChI is InChI=1S/C19H22N4O4/c1-12(2)13-3-5-14(6-4-13)23-10-7-15(19(23)27)18(26)20-16-8-9-22(21-16)11-17(24)25/h3-6,8-9,12,15H,7,10-11H2,1-2H3,(H,24,25)(H,20,21,26). The first-order chi connectivity index (χ1) is 12.8. The van der Waals surface area contributed by atoms with Crippen molar-refractivity contribution in [2.24, 2.45) is 5.92 Å². The van der Waals surface area contributed by atoms with Crippen LogP contribution < -0.4 is 10.2 Å². The number of carbonyl (C=O) groups excluding carboxylic acids is 2. The minimum atomic E-state index is -1.03. The van der Waals surface area contributed by atoms with Gasteiger partial charge < -0.3 is 15.3 Å². The van der Waals surface area contributed by atoms with Gasteiger partial charge in [0.1, 0.15) is 12.5 Å². The highest BCUT2D eigenvalue weighted by Crippen LogP contribution is 2.27. The van der Waals surface area contributed by atoms with Crippen molar-refractivity contribution in [3.8, 4) is 0 Å². The fraction of sp³-hybridized carbons (Fsp3) is 0.368. The van der Waals surface area contributed by atoms with E-state index in [1.807, 2.05) is 24.3 Å². The van der Waals surface area contributed by atoms with Crippen LogP contribution in [0.25, 0.3) is 0 Å². The maximum Gasteiger partial charge on any atom is 0.325 e. The molecule has 142 valence electrons. The molecule has 2 amide bonds. The van der Waals surface area contributed by atoms with E-state index >= 15 is 0 Å². The van der Waals surface area contributed by atoms with Crippen LogP contribution in [-0.2, 0) is 20.9 Å². The molecule has 1 fully saturated rings. The van der Waals surface area contributed by atoms with Crippen LogP contribution >= 0.6 is 0 Å². The van der Waals surface area contributed by atoms with Gasteiger partial charge in [-0.25, -0.2) is 0 Å². The first-order valence-electron chi connectivity index (χ1n) is 8.82. The summed E-state index contributed by atoms with van der Waals surface area (Å²) in [5.41, 5.74) is 1.97. The Morgan fingerprint density at radius 3 is 2.59 bits per heavy atom. The van der Waals surface area contributed by atoms with E-state index in [1.165, 1.54) is 22.5 Å². The lowest BCUT2D eigenvalue weighted by molar-refractivity contribution is -0.138. The SMILES string of the molecule is CC(C)c1ccc(N2CCC(C(=O)Nc3ccn(CC(=O)O)n3)C2=O)cc1. The highest BCUT2D eigenvalue weighted by Gasteiger charge is 2.37. The number of benzene rings is 1.